The maximum absolute atomic E-state index is 12.0. The molecule has 3 rings (SSSR count). The van der Waals surface area contributed by atoms with E-state index in [9.17, 15) is 9.59 Å². The minimum absolute atomic E-state index is 0.0311. The van der Waals surface area contributed by atoms with Crippen LogP contribution in [0.5, 0.6) is 0 Å². The van der Waals surface area contributed by atoms with Crippen molar-refractivity contribution >= 4 is 28.5 Å². The average Bonchev–Trinajstić information content (AvgIpc) is 2.90. The fourth-order valence-electron chi connectivity index (χ4n) is 2.72. The van der Waals surface area contributed by atoms with Crippen molar-refractivity contribution in [2.75, 3.05) is 32.0 Å². The van der Waals surface area contributed by atoms with E-state index < -0.39 is 0 Å². The van der Waals surface area contributed by atoms with Gasteiger partial charge in [0.2, 0.25) is 11.8 Å². The summed E-state index contributed by atoms with van der Waals surface area (Å²) >= 11 is 0. The largest absolute Gasteiger partial charge is 0.368 e. The summed E-state index contributed by atoms with van der Waals surface area (Å²) in [5.74, 6) is 0.527. The topological polar surface area (TPSA) is 74.3 Å². The van der Waals surface area contributed by atoms with Crippen molar-refractivity contribution in [2.24, 2.45) is 5.92 Å². The Morgan fingerprint density at radius 3 is 2.87 bits per heavy atom. The van der Waals surface area contributed by atoms with E-state index in [0.29, 0.717) is 26.1 Å². The van der Waals surface area contributed by atoms with E-state index >= 15 is 0 Å². The van der Waals surface area contributed by atoms with Gasteiger partial charge in [-0.05, 0) is 18.2 Å². The van der Waals surface area contributed by atoms with Gasteiger partial charge < -0.3 is 15.5 Å². The quantitative estimate of drug-likeness (QED) is 0.815. The fraction of sp³-hybridized carbons (Fsp3) is 0.353. The molecule has 1 aliphatic heterocycles. The van der Waals surface area contributed by atoms with E-state index in [2.05, 4.69) is 15.6 Å². The SMILES string of the molecule is CN1C[C@H](C(=O)NCCNc2ccc3ccccc3n2)CC1=O. The van der Waals surface area contributed by atoms with Crippen molar-refractivity contribution in [3.05, 3.63) is 36.4 Å². The van der Waals surface area contributed by atoms with Gasteiger partial charge in [-0.3, -0.25) is 9.59 Å². The zero-order chi connectivity index (χ0) is 16.2. The fourth-order valence-corrected chi connectivity index (χ4v) is 2.72. The molecule has 1 aliphatic rings. The van der Waals surface area contributed by atoms with Crippen molar-refractivity contribution in [1.82, 2.24) is 15.2 Å². The number of rotatable bonds is 5. The molecule has 0 bridgehead atoms. The van der Waals surface area contributed by atoms with Gasteiger partial charge in [0.25, 0.3) is 0 Å². The van der Waals surface area contributed by atoms with Gasteiger partial charge in [-0.25, -0.2) is 4.98 Å². The van der Waals surface area contributed by atoms with Gasteiger partial charge in [-0.2, -0.15) is 0 Å². The monoisotopic (exact) mass is 312 g/mol. The number of carbonyl (C=O) groups excluding carboxylic acids is 2. The lowest BCUT2D eigenvalue weighted by molar-refractivity contribution is -0.128. The molecule has 1 fully saturated rings. The number of hydrogen-bond donors (Lipinski definition) is 2. The Hall–Kier alpha value is -2.63. The Balaban J connectivity index is 1.45. The van der Waals surface area contributed by atoms with Crippen LogP contribution >= 0.6 is 0 Å². The summed E-state index contributed by atoms with van der Waals surface area (Å²) in [6, 6.07) is 11.9. The first-order valence-corrected chi connectivity index (χ1v) is 7.75. The Morgan fingerprint density at radius 2 is 2.09 bits per heavy atom. The molecule has 0 radical (unpaired) electrons. The number of nitrogens with zero attached hydrogens (tertiary/aromatic N) is 2. The molecular formula is C17H20N4O2. The minimum Gasteiger partial charge on any atom is -0.368 e. The maximum Gasteiger partial charge on any atom is 0.225 e. The highest BCUT2D eigenvalue weighted by Crippen LogP contribution is 2.16. The number of benzene rings is 1. The lowest BCUT2D eigenvalue weighted by Crippen LogP contribution is -2.35. The molecule has 120 valence electrons. The molecule has 23 heavy (non-hydrogen) atoms. The van der Waals surface area contributed by atoms with Crippen LogP contribution in [0, 0.1) is 5.92 Å². The van der Waals surface area contributed by atoms with Crippen molar-refractivity contribution in [3.63, 3.8) is 0 Å². The molecule has 2 heterocycles. The van der Waals surface area contributed by atoms with Crippen LogP contribution in [0.3, 0.4) is 0 Å². The van der Waals surface area contributed by atoms with Gasteiger partial charge in [0, 0.05) is 38.5 Å². The lowest BCUT2D eigenvalue weighted by atomic mass is 10.1. The molecule has 0 unspecified atom stereocenters. The van der Waals surface area contributed by atoms with E-state index in [-0.39, 0.29) is 17.7 Å². The molecule has 2 amide bonds. The summed E-state index contributed by atoms with van der Waals surface area (Å²) in [4.78, 5) is 29.5. The molecular weight excluding hydrogens is 292 g/mol. The molecule has 1 saturated heterocycles. The summed E-state index contributed by atoms with van der Waals surface area (Å²) in [5, 5.41) is 7.16. The van der Waals surface area contributed by atoms with Crippen molar-refractivity contribution < 1.29 is 9.59 Å². The van der Waals surface area contributed by atoms with Crippen LogP contribution in [0.4, 0.5) is 5.82 Å². The number of para-hydroxylation sites is 1. The predicted molar refractivity (Wildman–Crippen MR) is 89.0 cm³/mol. The average molecular weight is 312 g/mol. The van der Waals surface area contributed by atoms with Gasteiger partial charge in [0.15, 0.2) is 0 Å². The number of carbonyl (C=O) groups is 2. The first-order valence-electron chi connectivity index (χ1n) is 7.75. The Labute approximate surface area is 134 Å². The molecule has 1 aromatic heterocycles. The van der Waals surface area contributed by atoms with E-state index in [1.807, 2.05) is 36.4 Å². The van der Waals surface area contributed by atoms with Crippen LogP contribution in [0.15, 0.2) is 36.4 Å². The van der Waals surface area contributed by atoms with E-state index in [0.717, 1.165) is 16.7 Å². The summed E-state index contributed by atoms with van der Waals surface area (Å²) < 4.78 is 0. The third-order valence-electron chi connectivity index (χ3n) is 4.04. The number of fused-ring (bicyclic) bond motifs is 1. The molecule has 2 N–H and O–H groups in total. The number of likely N-dealkylation sites (tertiary alicyclic amines) is 1. The van der Waals surface area contributed by atoms with Crippen molar-refractivity contribution in [3.8, 4) is 0 Å². The first-order chi connectivity index (χ1) is 11.1. The standard InChI is InChI=1S/C17H20N4O2/c1-21-11-13(10-16(21)22)17(23)19-9-8-18-15-7-6-12-4-2-3-5-14(12)20-15/h2-7,13H,8-11H2,1H3,(H,18,20)(H,19,23)/t13-/m1/s1. The van der Waals surface area contributed by atoms with Gasteiger partial charge >= 0.3 is 0 Å². The normalized spacial score (nSPS) is 17.5. The zero-order valence-corrected chi connectivity index (χ0v) is 13.1. The van der Waals surface area contributed by atoms with Gasteiger partial charge in [0.1, 0.15) is 5.82 Å². The molecule has 2 aromatic rings. The van der Waals surface area contributed by atoms with Gasteiger partial charge in [-0.15, -0.1) is 0 Å². The second-order valence-corrected chi connectivity index (χ2v) is 5.78. The summed E-state index contributed by atoms with van der Waals surface area (Å²) in [6.07, 6.45) is 0.308. The molecule has 1 aromatic carbocycles. The van der Waals surface area contributed by atoms with Gasteiger partial charge in [-0.1, -0.05) is 18.2 Å². The molecule has 1 atom stereocenters. The zero-order valence-electron chi connectivity index (χ0n) is 13.1. The molecule has 0 aliphatic carbocycles. The molecule has 0 spiro atoms. The predicted octanol–water partition coefficient (Wildman–Crippen LogP) is 1.24. The summed E-state index contributed by atoms with van der Waals surface area (Å²) in [6.45, 7) is 1.60. The van der Waals surface area contributed by atoms with Gasteiger partial charge in [0.05, 0.1) is 11.4 Å². The van der Waals surface area contributed by atoms with Crippen LogP contribution in [0.2, 0.25) is 0 Å². The molecule has 6 nitrogen and oxygen atoms in total. The van der Waals surface area contributed by atoms with Crippen LogP contribution < -0.4 is 10.6 Å². The number of hydrogen-bond acceptors (Lipinski definition) is 4. The van der Waals surface area contributed by atoms with Crippen LogP contribution in [-0.4, -0.2) is 48.4 Å². The highest BCUT2D eigenvalue weighted by atomic mass is 16.2. The van der Waals surface area contributed by atoms with E-state index in [4.69, 9.17) is 0 Å². The number of aromatic nitrogens is 1. The number of anilines is 1. The summed E-state index contributed by atoms with van der Waals surface area (Å²) in [5.41, 5.74) is 0.939. The number of amides is 2. The maximum atomic E-state index is 12.0. The third-order valence-corrected chi connectivity index (χ3v) is 4.04. The Bertz CT molecular complexity index is 731. The third kappa shape index (κ3) is 3.59. The second-order valence-electron chi connectivity index (χ2n) is 5.78. The minimum atomic E-state index is -0.230. The highest BCUT2D eigenvalue weighted by molar-refractivity contribution is 5.89. The lowest BCUT2D eigenvalue weighted by Gasteiger charge is -2.12. The van der Waals surface area contributed by atoms with Crippen LogP contribution in [0.25, 0.3) is 10.9 Å². The molecule has 0 saturated carbocycles. The second kappa shape index (κ2) is 6.64. The molecule has 6 heteroatoms. The van der Waals surface area contributed by atoms with Crippen molar-refractivity contribution in [2.45, 2.75) is 6.42 Å². The highest BCUT2D eigenvalue weighted by Gasteiger charge is 2.31. The smallest absolute Gasteiger partial charge is 0.225 e. The Kier molecular flexibility index (Phi) is 4.41. The van der Waals surface area contributed by atoms with Crippen molar-refractivity contribution in [1.29, 1.82) is 0 Å². The van der Waals surface area contributed by atoms with E-state index in [1.165, 1.54) is 0 Å². The Morgan fingerprint density at radius 1 is 1.26 bits per heavy atom. The number of nitrogens with one attached hydrogen (secondary N) is 2. The van der Waals surface area contributed by atoms with Crippen LogP contribution in [0.1, 0.15) is 6.42 Å². The van der Waals surface area contributed by atoms with E-state index in [1.54, 1.807) is 11.9 Å². The first kappa shape index (κ1) is 15.3. The number of pyridine rings is 1. The summed E-state index contributed by atoms with van der Waals surface area (Å²) in [7, 11) is 1.72. The van der Waals surface area contributed by atoms with Crippen LogP contribution in [-0.2, 0) is 9.59 Å².